The largest absolute Gasteiger partial charge is 0.493 e. The van der Waals surface area contributed by atoms with E-state index in [1.807, 2.05) is 37.3 Å². The Morgan fingerprint density at radius 1 is 0.912 bits per heavy atom. The number of carbonyl (C=O) groups excluding carboxylic acids is 2. The van der Waals surface area contributed by atoms with Crippen LogP contribution in [0.2, 0.25) is 5.02 Å². The third-order valence-corrected chi connectivity index (χ3v) is 5.39. The van der Waals surface area contributed by atoms with Gasteiger partial charge in [0.05, 0.1) is 14.2 Å². The lowest BCUT2D eigenvalue weighted by molar-refractivity contribution is -0.117. The Labute approximate surface area is 204 Å². The molecule has 176 valence electrons. The molecule has 6 nitrogen and oxygen atoms in total. The molecule has 0 aliphatic carbocycles. The van der Waals surface area contributed by atoms with Crippen LogP contribution in [0.4, 0.5) is 0 Å². The molecule has 0 bridgehead atoms. The topological polar surface area (TPSA) is 76.7 Å². The van der Waals surface area contributed by atoms with E-state index in [2.05, 4.69) is 10.6 Å². The van der Waals surface area contributed by atoms with Crippen LogP contribution in [0, 0.1) is 6.92 Å². The lowest BCUT2D eigenvalue weighted by atomic mass is 10.1. The van der Waals surface area contributed by atoms with Gasteiger partial charge in [0.25, 0.3) is 11.8 Å². The smallest absolute Gasteiger partial charge is 0.267 e. The summed E-state index contributed by atoms with van der Waals surface area (Å²) in [5.41, 5.74) is 3.36. The third kappa shape index (κ3) is 6.86. The molecule has 2 amide bonds. The molecule has 0 saturated carbocycles. The number of carbonyl (C=O) groups is 2. The average molecular weight is 479 g/mol. The first-order valence-electron chi connectivity index (χ1n) is 10.7. The fourth-order valence-corrected chi connectivity index (χ4v) is 3.36. The molecule has 0 saturated heterocycles. The molecule has 2 N–H and O–H groups in total. The molecule has 0 unspecified atom stereocenters. The molecule has 3 aromatic carbocycles. The molecule has 0 atom stereocenters. The van der Waals surface area contributed by atoms with Crippen LogP contribution in [0.5, 0.6) is 11.5 Å². The second kappa shape index (κ2) is 11.9. The quantitative estimate of drug-likeness (QED) is 0.433. The maximum atomic E-state index is 13.0. The summed E-state index contributed by atoms with van der Waals surface area (Å²) < 4.78 is 10.6. The van der Waals surface area contributed by atoms with E-state index in [1.54, 1.807) is 56.7 Å². The van der Waals surface area contributed by atoms with Gasteiger partial charge in [-0.25, -0.2) is 0 Å². The van der Waals surface area contributed by atoms with Crippen LogP contribution >= 0.6 is 11.6 Å². The van der Waals surface area contributed by atoms with Crippen molar-refractivity contribution in [1.82, 2.24) is 10.6 Å². The molecule has 7 heteroatoms. The van der Waals surface area contributed by atoms with E-state index in [0.29, 0.717) is 35.1 Å². The number of benzene rings is 3. The molecule has 0 heterocycles. The van der Waals surface area contributed by atoms with E-state index in [-0.39, 0.29) is 11.6 Å². The number of amides is 2. The molecular weight excluding hydrogens is 452 g/mol. The number of halogens is 1. The highest BCUT2D eigenvalue weighted by molar-refractivity contribution is 6.30. The van der Waals surface area contributed by atoms with E-state index in [1.165, 1.54) is 0 Å². The Kier molecular flexibility index (Phi) is 8.71. The lowest BCUT2D eigenvalue weighted by Crippen LogP contribution is -2.35. The van der Waals surface area contributed by atoms with Crippen LogP contribution in [0.1, 0.15) is 27.0 Å². The number of ether oxygens (including phenoxy) is 2. The molecule has 3 aromatic rings. The molecule has 0 fully saturated rings. The number of hydrogen-bond acceptors (Lipinski definition) is 4. The van der Waals surface area contributed by atoms with Crippen molar-refractivity contribution in [2.75, 3.05) is 20.8 Å². The Morgan fingerprint density at radius 2 is 1.59 bits per heavy atom. The first kappa shape index (κ1) is 24.9. The van der Waals surface area contributed by atoms with Gasteiger partial charge in [-0.2, -0.15) is 0 Å². The van der Waals surface area contributed by atoms with Gasteiger partial charge in [-0.05, 0) is 66.9 Å². The fourth-order valence-electron chi connectivity index (χ4n) is 3.24. The van der Waals surface area contributed by atoms with Gasteiger partial charge in [-0.1, -0.05) is 47.5 Å². The summed E-state index contributed by atoms with van der Waals surface area (Å²) in [6, 6.07) is 19.7. The summed E-state index contributed by atoms with van der Waals surface area (Å²) >= 11 is 5.97. The Balaban J connectivity index is 1.73. The predicted molar refractivity (Wildman–Crippen MR) is 134 cm³/mol. The molecule has 34 heavy (non-hydrogen) atoms. The van der Waals surface area contributed by atoms with Crippen LogP contribution in [-0.2, 0) is 11.2 Å². The number of rotatable bonds is 9. The van der Waals surface area contributed by atoms with Crippen molar-refractivity contribution in [1.29, 1.82) is 0 Å². The monoisotopic (exact) mass is 478 g/mol. The summed E-state index contributed by atoms with van der Waals surface area (Å²) in [6.45, 7) is 2.31. The van der Waals surface area contributed by atoms with Crippen molar-refractivity contribution in [3.05, 3.63) is 99.7 Å². The van der Waals surface area contributed by atoms with Crippen molar-refractivity contribution in [2.45, 2.75) is 13.3 Å². The van der Waals surface area contributed by atoms with Gasteiger partial charge in [0, 0.05) is 17.1 Å². The molecule has 0 radical (unpaired) electrons. The SMILES string of the molecule is COc1ccc(CCNC(=O)C(=Cc2ccc(Cl)cc2)NC(=O)c2ccc(C)cc2)cc1OC. The molecule has 0 aliphatic heterocycles. The third-order valence-electron chi connectivity index (χ3n) is 5.13. The normalized spacial score (nSPS) is 11.0. The number of nitrogens with one attached hydrogen (secondary N) is 2. The highest BCUT2D eigenvalue weighted by Gasteiger charge is 2.15. The lowest BCUT2D eigenvalue weighted by Gasteiger charge is -2.12. The summed E-state index contributed by atoms with van der Waals surface area (Å²) in [5.74, 6) is 0.508. The zero-order valence-corrected chi connectivity index (χ0v) is 20.1. The van der Waals surface area contributed by atoms with E-state index >= 15 is 0 Å². The van der Waals surface area contributed by atoms with Crippen molar-refractivity contribution in [3.63, 3.8) is 0 Å². The second-order valence-corrected chi connectivity index (χ2v) is 8.06. The van der Waals surface area contributed by atoms with E-state index in [4.69, 9.17) is 21.1 Å². The molecule has 0 aliphatic rings. The second-order valence-electron chi connectivity index (χ2n) is 7.62. The first-order valence-corrected chi connectivity index (χ1v) is 11.1. The Morgan fingerprint density at radius 3 is 2.24 bits per heavy atom. The predicted octanol–water partition coefficient (Wildman–Crippen LogP) is 4.80. The van der Waals surface area contributed by atoms with Crippen LogP contribution in [0.3, 0.4) is 0 Å². The summed E-state index contributed by atoms with van der Waals surface area (Å²) in [6.07, 6.45) is 2.19. The standard InChI is InChI=1S/C27H27ClN2O4/c1-18-4-9-21(10-5-18)26(31)30-23(16-19-6-11-22(28)12-7-19)27(32)29-15-14-20-8-13-24(33-2)25(17-20)34-3/h4-13,16-17H,14-15H2,1-3H3,(H,29,32)(H,30,31). The maximum Gasteiger partial charge on any atom is 0.267 e. The van der Waals surface area contributed by atoms with Gasteiger partial charge in [0.15, 0.2) is 11.5 Å². The fraction of sp³-hybridized carbons (Fsp3) is 0.185. The van der Waals surface area contributed by atoms with Gasteiger partial charge in [0.2, 0.25) is 0 Å². The van der Waals surface area contributed by atoms with Crippen LogP contribution < -0.4 is 20.1 Å². The minimum absolute atomic E-state index is 0.139. The Bertz CT molecular complexity index is 1170. The molecular formula is C27H27ClN2O4. The van der Waals surface area contributed by atoms with Gasteiger partial charge in [-0.15, -0.1) is 0 Å². The molecule has 0 spiro atoms. The zero-order valence-electron chi connectivity index (χ0n) is 19.4. The number of hydrogen-bond donors (Lipinski definition) is 2. The average Bonchev–Trinajstić information content (AvgIpc) is 2.85. The van der Waals surface area contributed by atoms with Crippen LogP contribution in [-0.4, -0.2) is 32.6 Å². The molecule has 0 aromatic heterocycles. The maximum absolute atomic E-state index is 13.0. The van der Waals surface area contributed by atoms with Crippen molar-refractivity contribution in [3.8, 4) is 11.5 Å². The minimum atomic E-state index is -0.393. The van der Waals surface area contributed by atoms with Gasteiger partial charge in [-0.3, -0.25) is 9.59 Å². The zero-order chi connectivity index (χ0) is 24.5. The van der Waals surface area contributed by atoms with Crippen LogP contribution in [0.25, 0.3) is 6.08 Å². The Hall–Kier alpha value is -3.77. The van der Waals surface area contributed by atoms with Gasteiger partial charge in [0.1, 0.15) is 5.70 Å². The summed E-state index contributed by atoms with van der Waals surface area (Å²) in [7, 11) is 3.16. The highest BCUT2D eigenvalue weighted by Crippen LogP contribution is 2.27. The van der Waals surface area contributed by atoms with Crippen LogP contribution in [0.15, 0.2) is 72.4 Å². The number of aryl methyl sites for hydroxylation is 1. The van der Waals surface area contributed by atoms with E-state index in [9.17, 15) is 9.59 Å². The number of methoxy groups -OCH3 is 2. The minimum Gasteiger partial charge on any atom is -0.493 e. The van der Waals surface area contributed by atoms with Crippen molar-refractivity contribution >= 4 is 29.5 Å². The summed E-state index contributed by atoms with van der Waals surface area (Å²) in [4.78, 5) is 25.7. The van der Waals surface area contributed by atoms with Crippen molar-refractivity contribution < 1.29 is 19.1 Å². The van der Waals surface area contributed by atoms with E-state index in [0.717, 1.165) is 16.7 Å². The van der Waals surface area contributed by atoms with Gasteiger partial charge >= 0.3 is 0 Å². The van der Waals surface area contributed by atoms with Gasteiger partial charge < -0.3 is 20.1 Å². The molecule has 3 rings (SSSR count). The first-order chi connectivity index (χ1) is 16.4. The highest BCUT2D eigenvalue weighted by atomic mass is 35.5. The summed E-state index contributed by atoms with van der Waals surface area (Å²) in [5, 5.41) is 6.20. The van der Waals surface area contributed by atoms with Crippen molar-refractivity contribution in [2.24, 2.45) is 0 Å². The van der Waals surface area contributed by atoms with E-state index < -0.39 is 5.91 Å².